The zero-order valence-corrected chi connectivity index (χ0v) is 26.1. The number of thiazole rings is 1. The molecule has 0 atom stereocenters. The standard InChI is InChI=1S/C40H24N4S2/c1-3-10-26(11-4-1)37-42-38(27-12-5-2-6-13-27)44-39(43-37)28-20-18-25(19-21-28)30-14-9-17-35-36(30)31-24-29(22-23-33(31)45-35)40-41-32-15-7-8-16-34(32)46-40/h1-24H. The molecule has 0 aliphatic rings. The van der Waals surface area contributed by atoms with Crippen molar-refractivity contribution in [1.82, 2.24) is 19.9 Å². The van der Waals surface area contributed by atoms with Gasteiger partial charge in [0.2, 0.25) is 0 Å². The van der Waals surface area contributed by atoms with Crippen LogP contribution in [0.2, 0.25) is 0 Å². The van der Waals surface area contributed by atoms with Gasteiger partial charge < -0.3 is 0 Å². The number of nitrogens with zero attached hydrogens (tertiary/aromatic N) is 4. The first-order chi connectivity index (χ1) is 22.8. The molecule has 216 valence electrons. The van der Waals surface area contributed by atoms with Gasteiger partial charge in [0.25, 0.3) is 0 Å². The number of para-hydroxylation sites is 1. The first kappa shape index (κ1) is 26.8. The van der Waals surface area contributed by atoms with Gasteiger partial charge in [0.15, 0.2) is 17.5 Å². The van der Waals surface area contributed by atoms with Crippen LogP contribution in [0.1, 0.15) is 0 Å². The third kappa shape index (κ3) is 4.76. The second-order valence-corrected chi connectivity index (χ2v) is 13.2. The molecule has 0 N–H and O–H groups in total. The molecule has 4 nitrogen and oxygen atoms in total. The van der Waals surface area contributed by atoms with Gasteiger partial charge in [-0.1, -0.05) is 115 Å². The maximum absolute atomic E-state index is 4.93. The first-order valence-electron chi connectivity index (χ1n) is 15.1. The minimum Gasteiger partial charge on any atom is -0.236 e. The number of aromatic nitrogens is 4. The highest BCUT2D eigenvalue weighted by Crippen LogP contribution is 2.42. The molecular formula is C40H24N4S2. The lowest BCUT2D eigenvalue weighted by Gasteiger charge is -2.10. The van der Waals surface area contributed by atoms with Crippen molar-refractivity contribution < 1.29 is 0 Å². The fourth-order valence-corrected chi connectivity index (χ4v) is 8.01. The Kier molecular flexibility index (Phi) is 6.47. The molecule has 3 aromatic heterocycles. The van der Waals surface area contributed by atoms with Crippen LogP contribution in [0.3, 0.4) is 0 Å². The van der Waals surface area contributed by atoms with Crippen LogP contribution in [0.15, 0.2) is 146 Å². The summed E-state index contributed by atoms with van der Waals surface area (Å²) in [5.41, 5.74) is 7.42. The van der Waals surface area contributed by atoms with Crippen molar-refractivity contribution in [3.05, 3.63) is 146 Å². The Morgan fingerprint density at radius 2 is 0.935 bits per heavy atom. The highest BCUT2D eigenvalue weighted by Gasteiger charge is 2.15. The fourth-order valence-electron chi connectivity index (χ4n) is 5.93. The topological polar surface area (TPSA) is 51.6 Å². The molecule has 6 heteroatoms. The number of fused-ring (bicyclic) bond motifs is 4. The van der Waals surface area contributed by atoms with E-state index in [9.17, 15) is 0 Å². The van der Waals surface area contributed by atoms with Gasteiger partial charge in [-0.15, -0.1) is 22.7 Å². The van der Waals surface area contributed by atoms with Crippen LogP contribution in [-0.4, -0.2) is 19.9 Å². The summed E-state index contributed by atoms with van der Waals surface area (Å²) in [4.78, 5) is 19.6. The summed E-state index contributed by atoms with van der Waals surface area (Å²) in [7, 11) is 0. The van der Waals surface area contributed by atoms with Gasteiger partial charge in [-0.2, -0.15) is 0 Å². The molecule has 0 spiro atoms. The minimum absolute atomic E-state index is 0.652. The van der Waals surface area contributed by atoms with Gasteiger partial charge in [0, 0.05) is 42.4 Å². The zero-order valence-electron chi connectivity index (χ0n) is 24.5. The van der Waals surface area contributed by atoms with Crippen molar-refractivity contribution in [2.75, 3.05) is 0 Å². The Morgan fingerprint density at radius 3 is 1.61 bits per heavy atom. The van der Waals surface area contributed by atoms with E-state index in [1.807, 2.05) is 78.1 Å². The highest BCUT2D eigenvalue weighted by atomic mass is 32.1. The Morgan fingerprint density at radius 1 is 0.370 bits per heavy atom. The van der Waals surface area contributed by atoms with Gasteiger partial charge in [-0.3, -0.25) is 0 Å². The molecule has 6 aromatic carbocycles. The lowest BCUT2D eigenvalue weighted by atomic mass is 9.98. The highest BCUT2D eigenvalue weighted by molar-refractivity contribution is 7.26. The molecule has 0 amide bonds. The van der Waals surface area contributed by atoms with Crippen LogP contribution in [0.25, 0.3) is 86.3 Å². The number of hydrogen-bond acceptors (Lipinski definition) is 6. The number of thiophene rings is 1. The number of benzene rings is 6. The van der Waals surface area contributed by atoms with Gasteiger partial charge in [0.05, 0.1) is 10.2 Å². The normalized spacial score (nSPS) is 11.5. The molecule has 0 unspecified atom stereocenters. The van der Waals surface area contributed by atoms with Crippen molar-refractivity contribution in [1.29, 1.82) is 0 Å². The summed E-state index contributed by atoms with van der Waals surface area (Å²) in [6.45, 7) is 0. The van der Waals surface area contributed by atoms with Crippen LogP contribution in [-0.2, 0) is 0 Å². The quantitative estimate of drug-likeness (QED) is 0.191. The summed E-state index contributed by atoms with van der Waals surface area (Å²) >= 11 is 3.58. The number of hydrogen-bond donors (Lipinski definition) is 0. The fraction of sp³-hybridized carbons (Fsp3) is 0. The van der Waals surface area contributed by atoms with E-state index in [1.165, 1.54) is 30.4 Å². The lowest BCUT2D eigenvalue weighted by molar-refractivity contribution is 1.07. The largest absolute Gasteiger partial charge is 0.236 e. The summed E-state index contributed by atoms with van der Waals surface area (Å²) in [5, 5.41) is 3.58. The van der Waals surface area contributed by atoms with E-state index in [1.54, 1.807) is 11.3 Å². The van der Waals surface area contributed by atoms with E-state index in [0.29, 0.717) is 17.5 Å². The molecule has 0 saturated heterocycles. The predicted octanol–water partition coefficient (Wildman–Crippen LogP) is 11.2. The van der Waals surface area contributed by atoms with Gasteiger partial charge >= 0.3 is 0 Å². The van der Waals surface area contributed by atoms with Gasteiger partial charge in [-0.25, -0.2) is 19.9 Å². The molecule has 3 heterocycles. The maximum Gasteiger partial charge on any atom is 0.164 e. The average molecular weight is 625 g/mol. The van der Waals surface area contributed by atoms with Crippen molar-refractivity contribution in [3.63, 3.8) is 0 Å². The van der Waals surface area contributed by atoms with Crippen LogP contribution in [0.5, 0.6) is 0 Å². The second-order valence-electron chi connectivity index (χ2n) is 11.1. The van der Waals surface area contributed by atoms with E-state index in [4.69, 9.17) is 19.9 Å². The molecule has 46 heavy (non-hydrogen) atoms. The SMILES string of the molecule is c1ccc(-c2nc(-c3ccccc3)nc(-c3ccc(-c4cccc5sc6ccc(-c7nc8ccccc8s7)cc6c45)cc3)n2)cc1. The molecular weight excluding hydrogens is 601 g/mol. The van der Waals surface area contributed by atoms with Crippen molar-refractivity contribution in [2.24, 2.45) is 0 Å². The van der Waals surface area contributed by atoms with Crippen molar-refractivity contribution in [3.8, 4) is 55.9 Å². The lowest BCUT2D eigenvalue weighted by Crippen LogP contribution is -2.00. The monoisotopic (exact) mass is 624 g/mol. The Labute approximate surface area is 273 Å². The van der Waals surface area contributed by atoms with Crippen LogP contribution in [0.4, 0.5) is 0 Å². The molecule has 9 aromatic rings. The summed E-state index contributed by atoms with van der Waals surface area (Å²) in [6.07, 6.45) is 0. The smallest absolute Gasteiger partial charge is 0.164 e. The minimum atomic E-state index is 0.652. The first-order valence-corrected chi connectivity index (χ1v) is 16.7. The summed E-state index contributed by atoms with van der Waals surface area (Å²) in [5.74, 6) is 1.97. The molecule has 0 aliphatic heterocycles. The third-order valence-corrected chi connectivity index (χ3v) is 10.4. The van der Waals surface area contributed by atoms with E-state index in [-0.39, 0.29) is 0 Å². The van der Waals surface area contributed by atoms with Gasteiger partial charge in [0.1, 0.15) is 5.01 Å². The van der Waals surface area contributed by atoms with Crippen molar-refractivity contribution in [2.45, 2.75) is 0 Å². The molecule has 0 bridgehead atoms. The second kappa shape index (κ2) is 11.1. The van der Waals surface area contributed by atoms with Crippen LogP contribution < -0.4 is 0 Å². The summed E-state index contributed by atoms with van der Waals surface area (Å²) in [6, 6.07) is 50.4. The molecule has 0 fully saturated rings. The Balaban J connectivity index is 1.14. The van der Waals surface area contributed by atoms with E-state index in [0.717, 1.165) is 38.3 Å². The Hall–Kier alpha value is -5.56. The van der Waals surface area contributed by atoms with E-state index in [2.05, 4.69) is 78.9 Å². The van der Waals surface area contributed by atoms with E-state index >= 15 is 0 Å². The number of rotatable bonds is 5. The van der Waals surface area contributed by atoms with Crippen LogP contribution >= 0.6 is 22.7 Å². The molecule has 9 rings (SSSR count). The van der Waals surface area contributed by atoms with Crippen molar-refractivity contribution >= 4 is 53.1 Å². The Bertz CT molecular complexity index is 2430. The summed E-state index contributed by atoms with van der Waals surface area (Å²) < 4.78 is 3.75. The predicted molar refractivity (Wildman–Crippen MR) is 193 cm³/mol. The molecule has 0 radical (unpaired) electrons. The zero-order chi connectivity index (χ0) is 30.5. The van der Waals surface area contributed by atoms with Crippen LogP contribution in [0, 0.1) is 0 Å². The molecule has 0 aliphatic carbocycles. The van der Waals surface area contributed by atoms with E-state index < -0.39 is 0 Å². The molecule has 0 saturated carbocycles. The average Bonchev–Trinajstić information content (AvgIpc) is 3.74. The van der Waals surface area contributed by atoms with Gasteiger partial charge in [-0.05, 0) is 41.5 Å². The third-order valence-electron chi connectivity index (χ3n) is 8.19. The maximum atomic E-state index is 4.93.